The third kappa shape index (κ3) is 3.31. The van der Waals surface area contributed by atoms with Gasteiger partial charge in [0.15, 0.2) is 0 Å². The minimum absolute atomic E-state index is 0.426. The number of benzene rings is 1. The lowest BCUT2D eigenvalue weighted by Gasteiger charge is -2.44. The van der Waals surface area contributed by atoms with Gasteiger partial charge in [0.2, 0.25) is 5.95 Å². The van der Waals surface area contributed by atoms with Crippen molar-refractivity contribution in [3.8, 4) is 0 Å². The normalized spacial score (nSPS) is 30.1. The Labute approximate surface area is 167 Å². The van der Waals surface area contributed by atoms with E-state index in [2.05, 4.69) is 52.0 Å². The summed E-state index contributed by atoms with van der Waals surface area (Å²) >= 11 is 0. The summed E-state index contributed by atoms with van der Waals surface area (Å²) in [5.74, 6) is 0.885. The summed E-state index contributed by atoms with van der Waals surface area (Å²) in [6.07, 6.45) is 8.35. The molecule has 3 saturated heterocycles. The van der Waals surface area contributed by atoms with E-state index in [-0.39, 0.29) is 0 Å². The maximum Gasteiger partial charge on any atom is 0.225 e. The van der Waals surface area contributed by atoms with Gasteiger partial charge in [0.1, 0.15) is 0 Å². The van der Waals surface area contributed by atoms with Gasteiger partial charge in [0, 0.05) is 37.9 Å². The van der Waals surface area contributed by atoms with Crippen LogP contribution in [0.1, 0.15) is 55.3 Å². The fourth-order valence-corrected chi connectivity index (χ4v) is 5.40. The van der Waals surface area contributed by atoms with E-state index in [0.29, 0.717) is 12.1 Å². The molecule has 1 N–H and O–H groups in total. The number of fused-ring (bicyclic) bond motifs is 2. The highest BCUT2D eigenvalue weighted by molar-refractivity contribution is 5.32. The van der Waals surface area contributed by atoms with Crippen molar-refractivity contribution in [1.82, 2.24) is 14.9 Å². The summed E-state index contributed by atoms with van der Waals surface area (Å²) in [5.41, 5.74) is 2.73. The van der Waals surface area contributed by atoms with Crippen LogP contribution in [0.15, 0.2) is 36.5 Å². The van der Waals surface area contributed by atoms with Gasteiger partial charge in [0.05, 0.1) is 11.3 Å². The number of hydrogen-bond acceptors (Lipinski definition) is 5. The smallest absolute Gasteiger partial charge is 0.225 e. The number of nitrogens with zero attached hydrogens (tertiary/aromatic N) is 4. The van der Waals surface area contributed by atoms with Crippen LogP contribution in [0.2, 0.25) is 0 Å². The first-order valence-corrected chi connectivity index (χ1v) is 10.7. The summed E-state index contributed by atoms with van der Waals surface area (Å²) in [5, 5.41) is 11.4. The largest absolute Gasteiger partial charge is 0.385 e. The fraction of sp³-hybridized carbons (Fsp3) is 0.565. The van der Waals surface area contributed by atoms with Crippen LogP contribution >= 0.6 is 0 Å². The molecule has 4 heterocycles. The molecule has 0 spiro atoms. The van der Waals surface area contributed by atoms with E-state index in [0.717, 1.165) is 49.7 Å². The molecule has 3 fully saturated rings. The van der Waals surface area contributed by atoms with Crippen LogP contribution in [0.4, 0.5) is 5.95 Å². The SMILES string of the molecule is Cc1ccc(C2(O)CC3CCC(C2)N3Cc2ccnc(N3CCCC3)n2)cc1. The molecule has 1 aromatic heterocycles. The molecule has 28 heavy (non-hydrogen) atoms. The Balaban J connectivity index is 1.32. The molecular weight excluding hydrogens is 348 g/mol. The molecule has 3 aliphatic heterocycles. The molecule has 0 aliphatic carbocycles. The Kier molecular flexibility index (Phi) is 4.60. The molecule has 1 aromatic carbocycles. The van der Waals surface area contributed by atoms with Crippen LogP contribution in [-0.2, 0) is 12.1 Å². The average Bonchev–Trinajstić information content (AvgIpc) is 3.31. The number of piperidine rings is 1. The highest BCUT2D eigenvalue weighted by Crippen LogP contribution is 2.46. The van der Waals surface area contributed by atoms with Gasteiger partial charge >= 0.3 is 0 Å². The van der Waals surface area contributed by atoms with E-state index in [4.69, 9.17) is 4.98 Å². The standard InChI is InChI=1S/C23H30N4O/c1-17-4-6-18(7-5-17)23(28)14-20-8-9-21(15-23)27(20)16-19-10-11-24-22(25-19)26-12-2-3-13-26/h4-7,10-11,20-21,28H,2-3,8-9,12-16H2,1H3. The van der Waals surface area contributed by atoms with Crippen LogP contribution in [0.25, 0.3) is 0 Å². The van der Waals surface area contributed by atoms with E-state index in [1.807, 2.05) is 6.20 Å². The maximum absolute atomic E-state index is 11.4. The van der Waals surface area contributed by atoms with Crippen molar-refractivity contribution in [2.75, 3.05) is 18.0 Å². The predicted molar refractivity (Wildman–Crippen MR) is 110 cm³/mol. The van der Waals surface area contributed by atoms with E-state index in [1.54, 1.807) is 0 Å². The number of aryl methyl sites for hydroxylation is 1. The zero-order chi connectivity index (χ0) is 19.1. The highest BCUT2D eigenvalue weighted by Gasteiger charge is 2.48. The van der Waals surface area contributed by atoms with Crippen molar-refractivity contribution in [3.05, 3.63) is 53.3 Å². The second-order valence-corrected chi connectivity index (χ2v) is 8.91. The third-order valence-corrected chi connectivity index (χ3v) is 6.94. The molecule has 5 heteroatoms. The predicted octanol–water partition coefficient (Wildman–Crippen LogP) is 3.40. The van der Waals surface area contributed by atoms with Crippen molar-refractivity contribution in [2.24, 2.45) is 0 Å². The van der Waals surface area contributed by atoms with E-state index < -0.39 is 5.60 Å². The first-order chi connectivity index (χ1) is 13.6. The molecule has 2 bridgehead atoms. The Morgan fingerprint density at radius 2 is 1.71 bits per heavy atom. The lowest BCUT2D eigenvalue weighted by Crippen LogP contribution is -2.49. The third-order valence-electron chi connectivity index (χ3n) is 6.94. The quantitative estimate of drug-likeness (QED) is 0.884. The molecule has 0 saturated carbocycles. The molecule has 0 radical (unpaired) electrons. The average molecular weight is 379 g/mol. The van der Waals surface area contributed by atoms with Crippen molar-refractivity contribution in [2.45, 2.75) is 69.7 Å². The number of hydrogen-bond donors (Lipinski definition) is 1. The molecule has 5 nitrogen and oxygen atoms in total. The molecular formula is C23H30N4O. The summed E-state index contributed by atoms with van der Waals surface area (Å²) in [7, 11) is 0. The van der Waals surface area contributed by atoms with E-state index in [9.17, 15) is 5.11 Å². The zero-order valence-corrected chi connectivity index (χ0v) is 16.7. The van der Waals surface area contributed by atoms with Crippen molar-refractivity contribution in [1.29, 1.82) is 0 Å². The Morgan fingerprint density at radius 3 is 2.39 bits per heavy atom. The lowest BCUT2D eigenvalue weighted by atomic mass is 9.80. The van der Waals surface area contributed by atoms with Crippen molar-refractivity contribution in [3.63, 3.8) is 0 Å². The van der Waals surface area contributed by atoms with Gasteiger partial charge < -0.3 is 10.0 Å². The first-order valence-electron chi connectivity index (χ1n) is 10.7. The Bertz CT molecular complexity index is 817. The Morgan fingerprint density at radius 1 is 1.04 bits per heavy atom. The number of aliphatic hydroxyl groups is 1. The van der Waals surface area contributed by atoms with Crippen LogP contribution < -0.4 is 4.90 Å². The van der Waals surface area contributed by atoms with Gasteiger partial charge in [-0.15, -0.1) is 0 Å². The Hall–Kier alpha value is -1.98. The second-order valence-electron chi connectivity index (χ2n) is 8.91. The molecule has 2 atom stereocenters. The van der Waals surface area contributed by atoms with Gasteiger partial charge in [-0.3, -0.25) is 4.90 Å². The van der Waals surface area contributed by atoms with Crippen LogP contribution in [0, 0.1) is 6.92 Å². The molecule has 148 valence electrons. The first kappa shape index (κ1) is 18.1. The summed E-state index contributed by atoms with van der Waals surface area (Å²) in [6.45, 7) is 5.10. The zero-order valence-electron chi connectivity index (χ0n) is 16.7. The number of rotatable bonds is 4. The van der Waals surface area contributed by atoms with E-state index in [1.165, 1.54) is 31.2 Å². The van der Waals surface area contributed by atoms with Gasteiger partial charge in [-0.2, -0.15) is 0 Å². The van der Waals surface area contributed by atoms with Gasteiger partial charge in [0.25, 0.3) is 0 Å². The minimum atomic E-state index is -0.692. The summed E-state index contributed by atoms with van der Waals surface area (Å²) < 4.78 is 0. The number of aromatic nitrogens is 2. The van der Waals surface area contributed by atoms with Crippen molar-refractivity contribution < 1.29 is 5.11 Å². The lowest BCUT2D eigenvalue weighted by molar-refractivity contribution is -0.0598. The fourth-order valence-electron chi connectivity index (χ4n) is 5.40. The number of anilines is 1. The van der Waals surface area contributed by atoms with Crippen LogP contribution in [0.5, 0.6) is 0 Å². The van der Waals surface area contributed by atoms with Crippen molar-refractivity contribution >= 4 is 5.95 Å². The maximum atomic E-state index is 11.4. The van der Waals surface area contributed by atoms with Gasteiger partial charge in [-0.05, 0) is 57.1 Å². The van der Waals surface area contributed by atoms with Crippen LogP contribution in [-0.4, -0.2) is 45.1 Å². The minimum Gasteiger partial charge on any atom is -0.385 e. The monoisotopic (exact) mass is 378 g/mol. The summed E-state index contributed by atoms with van der Waals surface area (Å²) in [6, 6.07) is 11.4. The molecule has 2 aromatic rings. The molecule has 2 unspecified atom stereocenters. The molecule has 5 rings (SSSR count). The topological polar surface area (TPSA) is 52.5 Å². The summed E-state index contributed by atoms with van der Waals surface area (Å²) in [4.78, 5) is 14.2. The van der Waals surface area contributed by atoms with Crippen LogP contribution in [0.3, 0.4) is 0 Å². The highest BCUT2D eigenvalue weighted by atomic mass is 16.3. The van der Waals surface area contributed by atoms with Gasteiger partial charge in [-0.1, -0.05) is 29.8 Å². The molecule has 3 aliphatic rings. The molecule has 0 amide bonds. The van der Waals surface area contributed by atoms with E-state index >= 15 is 0 Å². The van der Waals surface area contributed by atoms with Gasteiger partial charge in [-0.25, -0.2) is 9.97 Å². The second kappa shape index (κ2) is 7.12.